The van der Waals surface area contributed by atoms with Crippen LogP contribution < -0.4 is 14.8 Å². The molecule has 1 aromatic rings. The zero-order valence-electron chi connectivity index (χ0n) is 10.9. The SMILES string of the molecule is CSCC(=O)N[C@@H](C)c1cc2c(cc1Br)OCCO2. The normalized spacial score (nSPS) is 14.9. The highest BCUT2D eigenvalue weighted by Crippen LogP contribution is 2.37. The third kappa shape index (κ3) is 3.57. The van der Waals surface area contributed by atoms with E-state index in [4.69, 9.17) is 9.47 Å². The van der Waals surface area contributed by atoms with Crippen LogP contribution in [0.5, 0.6) is 11.5 Å². The third-order valence-electron chi connectivity index (χ3n) is 2.78. The molecule has 2 rings (SSSR count). The molecule has 0 saturated heterocycles. The summed E-state index contributed by atoms with van der Waals surface area (Å²) < 4.78 is 12.0. The minimum atomic E-state index is -0.0788. The summed E-state index contributed by atoms with van der Waals surface area (Å²) in [5.74, 6) is 1.97. The lowest BCUT2D eigenvalue weighted by Gasteiger charge is -2.22. The minimum Gasteiger partial charge on any atom is -0.486 e. The lowest BCUT2D eigenvalue weighted by Crippen LogP contribution is -2.28. The van der Waals surface area contributed by atoms with Crippen molar-refractivity contribution < 1.29 is 14.3 Å². The van der Waals surface area contributed by atoms with Crippen LogP contribution in [0.25, 0.3) is 0 Å². The number of benzene rings is 1. The Morgan fingerprint density at radius 3 is 2.68 bits per heavy atom. The van der Waals surface area contributed by atoms with E-state index in [2.05, 4.69) is 21.2 Å². The number of ether oxygens (including phenoxy) is 2. The van der Waals surface area contributed by atoms with Crippen molar-refractivity contribution in [3.05, 3.63) is 22.2 Å². The van der Waals surface area contributed by atoms with Gasteiger partial charge in [-0.3, -0.25) is 4.79 Å². The molecule has 0 fully saturated rings. The molecule has 0 bridgehead atoms. The Balaban J connectivity index is 2.17. The quantitative estimate of drug-likeness (QED) is 0.911. The summed E-state index contributed by atoms with van der Waals surface area (Å²) >= 11 is 5.02. The molecule has 1 heterocycles. The van der Waals surface area contributed by atoms with E-state index in [1.165, 1.54) is 11.8 Å². The van der Waals surface area contributed by atoms with E-state index in [0.29, 0.717) is 19.0 Å². The molecular formula is C13H16BrNO3S. The average molecular weight is 346 g/mol. The molecule has 1 aromatic carbocycles. The van der Waals surface area contributed by atoms with Crippen molar-refractivity contribution in [1.82, 2.24) is 5.32 Å². The van der Waals surface area contributed by atoms with E-state index in [9.17, 15) is 4.79 Å². The van der Waals surface area contributed by atoms with Crippen molar-refractivity contribution in [2.75, 3.05) is 25.2 Å². The molecule has 0 aromatic heterocycles. The van der Waals surface area contributed by atoms with Crippen molar-refractivity contribution in [3.8, 4) is 11.5 Å². The number of carbonyl (C=O) groups is 1. The van der Waals surface area contributed by atoms with E-state index in [1.54, 1.807) is 0 Å². The molecule has 19 heavy (non-hydrogen) atoms. The van der Waals surface area contributed by atoms with Gasteiger partial charge in [0.1, 0.15) is 13.2 Å². The number of nitrogens with one attached hydrogen (secondary N) is 1. The van der Waals surface area contributed by atoms with Crippen molar-refractivity contribution in [1.29, 1.82) is 0 Å². The lowest BCUT2D eigenvalue weighted by molar-refractivity contribution is -0.119. The molecule has 1 aliphatic rings. The summed E-state index contributed by atoms with van der Waals surface area (Å²) in [6.45, 7) is 3.08. The van der Waals surface area contributed by atoms with Gasteiger partial charge in [-0.25, -0.2) is 0 Å². The Hall–Kier alpha value is -0.880. The van der Waals surface area contributed by atoms with Crippen molar-refractivity contribution in [2.24, 2.45) is 0 Å². The summed E-state index contributed by atoms with van der Waals surface area (Å²) in [5, 5.41) is 2.96. The lowest BCUT2D eigenvalue weighted by atomic mass is 10.1. The molecule has 1 amide bonds. The van der Waals surface area contributed by atoms with Crippen LogP contribution in [0.1, 0.15) is 18.5 Å². The summed E-state index contributed by atoms with van der Waals surface area (Å²) in [6.07, 6.45) is 1.91. The number of hydrogen-bond acceptors (Lipinski definition) is 4. The number of halogens is 1. The molecule has 1 N–H and O–H groups in total. The van der Waals surface area contributed by atoms with Crippen molar-refractivity contribution in [3.63, 3.8) is 0 Å². The molecule has 0 radical (unpaired) electrons. The van der Waals surface area contributed by atoms with Gasteiger partial charge in [0.05, 0.1) is 11.8 Å². The Bertz CT molecular complexity index is 481. The predicted octanol–water partition coefficient (Wildman–Crippen LogP) is 2.76. The molecule has 6 heteroatoms. The fourth-order valence-corrected chi connectivity index (χ4v) is 2.91. The number of hydrogen-bond donors (Lipinski definition) is 1. The van der Waals surface area contributed by atoms with Crippen LogP contribution in [0.3, 0.4) is 0 Å². The predicted molar refractivity (Wildman–Crippen MR) is 80.1 cm³/mol. The fraction of sp³-hybridized carbons (Fsp3) is 0.462. The van der Waals surface area contributed by atoms with E-state index in [1.807, 2.05) is 25.3 Å². The van der Waals surface area contributed by atoms with Gasteiger partial charge >= 0.3 is 0 Å². The maximum Gasteiger partial charge on any atom is 0.230 e. The molecule has 1 atom stereocenters. The van der Waals surface area contributed by atoms with Gasteiger partial charge in [-0.1, -0.05) is 15.9 Å². The standard InChI is InChI=1S/C13H16BrNO3S/c1-8(15-13(16)7-19-2)9-5-11-12(6-10(9)14)18-4-3-17-11/h5-6,8H,3-4,7H2,1-2H3,(H,15,16)/t8-/m0/s1. The van der Waals surface area contributed by atoms with Gasteiger partial charge in [0.15, 0.2) is 11.5 Å². The van der Waals surface area contributed by atoms with Crippen molar-refractivity contribution >= 4 is 33.6 Å². The van der Waals surface area contributed by atoms with Gasteiger partial charge in [0.2, 0.25) is 5.91 Å². The second-order valence-corrected chi connectivity index (χ2v) is 5.96. The first-order valence-corrected chi connectivity index (χ1v) is 8.18. The minimum absolute atomic E-state index is 0.0294. The Kier molecular flexibility index (Phi) is 4.99. The smallest absolute Gasteiger partial charge is 0.230 e. The number of amides is 1. The van der Waals surface area contributed by atoms with Crippen LogP contribution in [-0.2, 0) is 4.79 Å². The molecule has 0 saturated carbocycles. The highest BCUT2D eigenvalue weighted by Gasteiger charge is 2.18. The zero-order chi connectivity index (χ0) is 13.8. The van der Waals surface area contributed by atoms with E-state index < -0.39 is 0 Å². The molecule has 1 aliphatic heterocycles. The first-order valence-electron chi connectivity index (χ1n) is 5.99. The number of carbonyl (C=O) groups excluding carboxylic acids is 1. The summed E-state index contributed by atoms with van der Waals surface area (Å²) in [7, 11) is 0. The maximum absolute atomic E-state index is 11.6. The molecular weight excluding hydrogens is 330 g/mol. The average Bonchev–Trinajstić information content (AvgIpc) is 2.38. The number of fused-ring (bicyclic) bond motifs is 1. The van der Waals surface area contributed by atoms with Gasteiger partial charge < -0.3 is 14.8 Å². The first-order chi connectivity index (χ1) is 9.11. The first kappa shape index (κ1) is 14.5. The molecule has 0 spiro atoms. The second-order valence-electron chi connectivity index (χ2n) is 4.24. The maximum atomic E-state index is 11.6. The van der Waals surface area contributed by atoms with E-state index in [-0.39, 0.29) is 11.9 Å². The summed E-state index contributed by atoms with van der Waals surface area (Å²) in [5.41, 5.74) is 0.985. The highest BCUT2D eigenvalue weighted by molar-refractivity contribution is 9.10. The van der Waals surface area contributed by atoms with Crippen LogP contribution in [0.15, 0.2) is 16.6 Å². The molecule has 104 valence electrons. The monoisotopic (exact) mass is 345 g/mol. The van der Waals surface area contributed by atoms with Gasteiger partial charge in [-0.05, 0) is 30.9 Å². The Morgan fingerprint density at radius 1 is 1.42 bits per heavy atom. The second kappa shape index (κ2) is 6.52. The Morgan fingerprint density at radius 2 is 2.05 bits per heavy atom. The van der Waals surface area contributed by atoms with Gasteiger partial charge in [-0.15, -0.1) is 0 Å². The van der Waals surface area contributed by atoms with Crippen LogP contribution in [0, 0.1) is 0 Å². The topological polar surface area (TPSA) is 47.6 Å². The van der Waals surface area contributed by atoms with Crippen LogP contribution >= 0.6 is 27.7 Å². The molecule has 0 unspecified atom stereocenters. The van der Waals surface area contributed by atoms with Crippen LogP contribution in [-0.4, -0.2) is 31.1 Å². The number of thioether (sulfide) groups is 1. The van der Waals surface area contributed by atoms with E-state index in [0.717, 1.165) is 21.5 Å². The summed E-state index contributed by atoms with van der Waals surface area (Å²) in [4.78, 5) is 11.6. The largest absolute Gasteiger partial charge is 0.486 e. The van der Waals surface area contributed by atoms with Crippen LogP contribution in [0.4, 0.5) is 0 Å². The fourth-order valence-electron chi connectivity index (χ4n) is 1.90. The molecule has 0 aliphatic carbocycles. The van der Waals surface area contributed by atoms with Gasteiger partial charge in [-0.2, -0.15) is 11.8 Å². The Labute approximate surface area is 125 Å². The zero-order valence-corrected chi connectivity index (χ0v) is 13.3. The third-order valence-corrected chi connectivity index (χ3v) is 4.02. The molecule has 4 nitrogen and oxygen atoms in total. The van der Waals surface area contributed by atoms with Gasteiger partial charge in [0.25, 0.3) is 0 Å². The number of rotatable bonds is 4. The van der Waals surface area contributed by atoms with Crippen molar-refractivity contribution in [2.45, 2.75) is 13.0 Å². The highest BCUT2D eigenvalue weighted by atomic mass is 79.9. The summed E-state index contributed by atoms with van der Waals surface area (Å²) in [6, 6.07) is 3.73. The van der Waals surface area contributed by atoms with Crippen LogP contribution in [0.2, 0.25) is 0 Å². The van der Waals surface area contributed by atoms with E-state index >= 15 is 0 Å². The van der Waals surface area contributed by atoms with Gasteiger partial charge in [0, 0.05) is 4.47 Å².